The first-order valence-corrected chi connectivity index (χ1v) is 8.02. The lowest BCUT2D eigenvalue weighted by Gasteiger charge is -2.34. The van der Waals surface area contributed by atoms with E-state index in [1.54, 1.807) is 0 Å². The maximum Gasteiger partial charge on any atom is 0.116 e. The second-order valence-electron chi connectivity index (χ2n) is 6.05. The molecule has 0 spiro atoms. The number of imidazole rings is 1. The molecule has 0 saturated carbocycles. The Kier molecular flexibility index (Phi) is 3.63. The number of rotatable bonds is 3. The maximum absolute atomic E-state index is 4.40. The lowest BCUT2D eigenvalue weighted by molar-refractivity contribution is 0.313. The zero-order valence-electron chi connectivity index (χ0n) is 13.3. The number of para-hydroxylation sites is 2. The maximum atomic E-state index is 4.40. The molecular weight excluding hydrogens is 286 g/mol. The van der Waals surface area contributed by atoms with Gasteiger partial charge in [0.05, 0.1) is 16.7 Å². The third-order valence-corrected chi connectivity index (χ3v) is 4.44. The van der Waals surface area contributed by atoms with Crippen LogP contribution in [0.3, 0.4) is 0 Å². The third kappa shape index (κ3) is 2.87. The molecule has 1 aromatic heterocycles. The van der Waals surface area contributed by atoms with Crippen molar-refractivity contribution < 1.29 is 0 Å². The zero-order valence-corrected chi connectivity index (χ0v) is 13.3. The van der Waals surface area contributed by atoms with Gasteiger partial charge in [0.1, 0.15) is 6.33 Å². The van der Waals surface area contributed by atoms with E-state index in [9.17, 15) is 0 Å². The van der Waals surface area contributed by atoms with Crippen molar-refractivity contribution in [1.29, 1.82) is 0 Å². The number of piperazine rings is 1. The fourth-order valence-corrected chi connectivity index (χ4v) is 3.00. The van der Waals surface area contributed by atoms with Gasteiger partial charge in [-0.2, -0.15) is 0 Å². The lowest BCUT2D eigenvalue weighted by Crippen LogP contribution is -2.44. The van der Waals surface area contributed by atoms with E-state index in [-0.39, 0.29) is 0 Å². The SMILES string of the molecule is CN1CCN(c2ccc(Nn3cnc4ccccc43)cc2)CC1. The predicted octanol–water partition coefficient (Wildman–Crippen LogP) is 2.66. The molecule has 4 rings (SSSR count). The molecule has 1 fully saturated rings. The van der Waals surface area contributed by atoms with Gasteiger partial charge in [-0.3, -0.25) is 5.43 Å². The molecule has 0 amide bonds. The standard InChI is InChI=1S/C18H21N5/c1-21-10-12-22(13-11-21)16-8-6-15(7-9-16)20-23-14-19-17-4-2-3-5-18(17)23/h2-9,14,20H,10-13H2,1H3. The molecule has 0 bridgehead atoms. The molecule has 118 valence electrons. The molecule has 23 heavy (non-hydrogen) atoms. The Morgan fingerprint density at radius 3 is 2.43 bits per heavy atom. The number of likely N-dealkylation sites (N-methyl/N-ethyl adjacent to an activating group) is 1. The van der Waals surface area contributed by atoms with Gasteiger partial charge in [-0.15, -0.1) is 0 Å². The summed E-state index contributed by atoms with van der Waals surface area (Å²) in [4.78, 5) is 9.21. The Hall–Kier alpha value is -2.53. The topological polar surface area (TPSA) is 36.3 Å². The number of nitrogens with one attached hydrogen (secondary N) is 1. The van der Waals surface area contributed by atoms with Crippen LogP contribution in [-0.4, -0.2) is 47.8 Å². The Morgan fingerprint density at radius 2 is 1.65 bits per heavy atom. The Morgan fingerprint density at radius 1 is 0.913 bits per heavy atom. The molecule has 0 atom stereocenters. The van der Waals surface area contributed by atoms with Crippen molar-refractivity contribution in [2.24, 2.45) is 0 Å². The fourth-order valence-electron chi connectivity index (χ4n) is 3.00. The summed E-state index contributed by atoms with van der Waals surface area (Å²) in [5.41, 5.74) is 7.82. The highest BCUT2D eigenvalue weighted by molar-refractivity contribution is 5.75. The second-order valence-corrected chi connectivity index (χ2v) is 6.05. The van der Waals surface area contributed by atoms with Crippen LogP contribution in [0.1, 0.15) is 0 Å². The molecule has 5 heteroatoms. The third-order valence-electron chi connectivity index (χ3n) is 4.44. The average molecular weight is 307 g/mol. The molecular formula is C18H21N5. The smallest absolute Gasteiger partial charge is 0.116 e. The van der Waals surface area contributed by atoms with Crippen LogP contribution in [0, 0.1) is 0 Å². The van der Waals surface area contributed by atoms with E-state index in [0.717, 1.165) is 42.9 Å². The molecule has 5 nitrogen and oxygen atoms in total. The van der Waals surface area contributed by atoms with E-state index in [1.165, 1.54) is 5.69 Å². The van der Waals surface area contributed by atoms with E-state index < -0.39 is 0 Å². The molecule has 3 aromatic rings. The quantitative estimate of drug-likeness (QED) is 0.807. The summed E-state index contributed by atoms with van der Waals surface area (Å²) in [6.07, 6.45) is 1.82. The monoisotopic (exact) mass is 307 g/mol. The molecule has 0 radical (unpaired) electrons. The van der Waals surface area contributed by atoms with Crippen LogP contribution in [0.4, 0.5) is 11.4 Å². The Bertz CT molecular complexity index is 785. The van der Waals surface area contributed by atoms with Crippen molar-refractivity contribution in [1.82, 2.24) is 14.6 Å². The molecule has 0 unspecified atom stereocenters. The van der Waals surface area contributed by atoms with E-state index in [2.05, 4.69) is 57.6 Å². The summed E-state index contributed by atoms with van der Waals surface area (Å²) >= 11 is 0. The van der Waals surface area contributed by atoms with E-state index in [0.29, 0.717) is 0 Å². The van der Waals surface area contributed by atoms with Crippen molar-refractivity contribution >= 4 is 22.4 Å². The fraction of sp³-hybridized carbons (Fsp3) is 0.278. The number of fused-ring (bicyclic) bond motifs is 1. The van der Waals surface area contributed by atoms with Crippen molar-refractivity contribution in [2.45, 2.75) is 0 Å². The number of nitrogens with zero attached hydrogens (tertiary/aromatic N) is 4. The lowest BCUT2D eigenvalue weighted by atomic mass is 10.2. The van der Waals surface area contributed by atoms with Crippen LogP contribution in [0.5, 0.6) is 0 Å². The molecule has 1 saturated heterocycles. The summed E-state index contributed by atoms with van der Waals surface area (Å²) in [6.45, 7) is 4.44. The van der Waals surface area contributed by atoms with Crippen LogP contribution >= 0.6 is 0 Å². The molecule has 2 heterocycles. The highest BCUT2D eigenvalue weighted by Gasteiger charge is 2.13. The summed E-state index contributed by atoms with van der Waals surface area (Å²) in [6, 6.07) is 16.7. The van der Waals surface area contributed by atoms with Crippen molar-refractivity contribution in [3.8, 4) is 0 Å². The second kappa shape index (κ2) is 5.93. The molecule has 1 N–H and O–H groups in total. The van der Waals surface area contributed by atoms with Gasteiger partial charge in [0.25, 0.3) is 0 Å². The summed E-state index contributed by atoms with van der Waals surface area (Å²) in [7, 11) is 2.18. The molecule has 2 aromatic carbocycles. The summed E-state index contributed by atoms with van der Waals surface area (Å²) in [5.74, 6) is 0. The van der Waals surface area contributed by atoms with Crippen LogP contribution in [0.2, 0.25) is 0 Å². The van der Waals surface area contributed by atoms with Gasteiger partial charge in [0.2, 0.25) is 0 Å². The largest absolute Gasteiger partial charge is 0.369 e. The number of anilines is 2. The minimum atomic E-state index is 0.994. The van der Waals surface area contributed by atoms with E-state index in [1.807, 2.05) is 29.2 Å². The van der Waals surface area contributed by atoms with Gasteiger partial charge in [-0.05, 0) is 43.4 Å². The van der Waals surface area contributed by atoms with Gasteiger partial charge in [-0.1, -0.05) is 12.1 Å². The minimum Gasteiger partial charge on any atom is -0.369 e. The number of benzene rings is 2. The van der Waals surface area contributed by atoms with Crippen molar-refractivity contribution in [2.75, 3.05) is 43.6 Å². The van der Waals surface area contributed by atoms with Crippen molar-refractivity contribution in [3.05, 3.63) is 54.9 Å². The molecule has 1 aliphatic rings. The van der Waals surface area contributed by atoms with Gasteiger partial charge in [0.15, 0.2) is 0 Å². The Labute approximate surface area is 136 Å². The first kappa shape index (κ1) is 14.1. The normalized spacial score (nSPS) is 16.0. The average Bonchev–Trinajstić information content (AvgIpc) is 3.00. The Balaban J connectivity index is 1.50. The van der Waals surface area contributed by atoms with E-state index >= 15 is 0 Å². The van der Waals surface area contributed by atoms with Crippen LogP contribution in [0.25, 0.3) is 11.0 Å². The predicted molar refractivity (Wildman–Crippen MR) is 94.9 cm³/mol. The van der Waals surface area contributed by atoms with Gasteiger partial charge in [-0.25, -0.2) is 9.66 Å². The highest BCUT2D eigenvalue weighted by Crippen LogP contribution is 2.20. The van der Waals surface area contributed by atoms with Crippen molar-refractivity contribution in [3.63, 3.8) is 0 Å². The van der Waals surface area contributed by atoms with E-state index in [4.69, 9.17) is 0 Å². The highest BCUT2D eigenvalue weighted by atomic mass is 15.4. The van der Waals surface area contributed by atoms with Gasteiger partial charge >= 0.3 is 0 Å². The molecule has 0 aliphatic carbocycles. The number of hydrogen-bond acceptors (Lipinski definition) is 4. The van der Waals surface area contributed by atoms with Gasteiger partial charge < -0.3 is 9.80 Å². The first-order valence-electron chi connectivity index (χ1n) is 8.02. The molecule has 1 aliphatic heterocycles. The summed E-state index contributed by atoms with van der Waals surface area (Å²) in [5, 5.41) is 0. The number of hydrogen-bond donors (Lipinski definition) is 1. The first-order chi connectivity index (χ1) is 11.3. The van der Waals surface area contributed by atoms with Crippen LogP contribution < -0.4 is 10.3 Å². The number of aromatic nitrogens is 2. The van der Waals surface area contributed by atoms with Crippen LogP contribution in [-0.2, 0) is 0 Å². The van der Waals surface area contributed by atoms with Crippen LogP contribution in [0.15, 0.2) is 54.9 Å². The van der Waals surface area contributed by atoms with Gasteiger partial charge in [0, 0.05) is 31.9 Å². The minimum absolute atomic E-state index is 0.994. The summed E-state index contributed by atoms with van der Waals surface area (Å²) < 4.78 is 1.96. The zero-order chi connectivity index (χ0) is 15.6.